The van der Waals surface area contributed by atoms with Gasteiger partial charge in [0.2, 0.25) is 0 Å². The first-order valence-electron chi connectivity index (χ1n) is 6.64. The summed E-state index contributed by atoms with van der Waals surface area (Å²) in [5.74, 6) is -0.176. The number of ether oxygens (including phenoxy) is 1. The van der Waals surface area contributed by atoms with Gasteiger partial charge in [-0.15, -0.1) is 0 Å². The SMILES string of the molecule is COC(=O)C1CC(O)CN1C(=O)c1ccnc(N(C)C)c1. The lowest BCUT2D eigenvalue weighted by Crippen LogP contribution is -2.41. The zero-order valence-corrected chi connectivity index (χ0v) is 12.3. The van der Waals surface area contributed by atoms with Crippen molar-refractivity contribution in [1.29, 1.82) is 0 Å². The number of nitrogens with zero attached hydrogens (tertiary/aromatic N) is 3. The van der Waals surface area contributed by atoms with E-state index in [1.165, 1.54) is 12.0 Å². The second-order valence-electron chi connectivity index (χ2n) is 5.18. The van der Waals surface area contributed by atoms with Crippen molar-refractivity contribution in [3.05, 3.63) is 23.9 Å². The van der Waals surface area contributed by atoms with Crippen molar-refractivity contribution in [2.75, 3.05) is 32.6 Å². The lowest BCUT2D eigenvalue weighted by atomic mass is 10.2. The zero-order valence-electron chi connectivity index (χ0n) is 12.3. The van der Waals surface area contributed by atoms with Gasteiger partial charge in [0.1, 0.15) is 11.9 Å². The highest BCUT2D eigenvalue weighted by Crippen LogP contribution is 2.22. The minimum atomic E-state index is -0.742. The van der Waals surface area contributed by atoms with Gasteiger partial charge in [-0.2, -0.15) is 0 Å². The molecule has 0 saturated carbocycles. The summed E-state index contributed by atoms with van der Waals surface area (Å²) in [5.41, 5.74) is 0.428. The molecule has 1 fully saturated rings. The molecule has 2 unspecified atom stereocenters. The molecule has 1 aromatic heterocycles. The summed E-state index contributed by atoms with van der Waals surface area (Å²) >= 11 is 0. The van der Waals surface area contributed by atoms with Gasteiger partial charge in [-0.25, -0.2) is 9.78 Å². The van der Waals surface area contributed by atoms with Crippen molar-refractivity contribution >= 4 is 17.7 Å². The molecule has 7 nitrogen and oxygen atoms in total. The van der Waals surface area contributed by atoms with Crippen LogP contribution in [0.15, 0.2) is 18.3 Å². The van der Waals surface area contributed by atoms with Crippen LogP contribution in [-0.4, -0.2) is 66.8 Å². The number of amides is 1. The lowest BCUT2D eigenvalue weighted by molar-refractivity contribution is -0.145. The van der Waals surface area contributed by atoms with Crippen molar-refractivity contribution in [1.82, 2.24) is 9.88 Å². The molecule has 0 aromatic carbocycles. The number of pyridine rings is 1. The van der Waals surface area contributed by atoms with E-state index in [0.29, 0.717) is 11.4 Å². The van der Waals surface area contributed by atoms with E-state index < -0.39 is 18.1 Å². The second-order valence-corrected chi connectivity index (χ2v) is 5.18. The summed E-state index contributed by atoms with van der Waals surface area (Å²) < 4.78 is 4.70. The zero-order chi connectivity index (χ0) is 15.6. The standard InChI is InChI=1S/C14H19N3O4/c1-16(2)12-6-9(4-5-15-12)13(19)17-8-10(18)7-11(17)14(20)21-3/h4-6,10-11,18H,7-8H2,1-3H3. The molecule has 0 radical (unpaired) electrons. The average Bonchev–Trinajstić information content (AvgIpc) is 2.87. The molecule has 0 spiro atoms. The Morgan fingerprint density at radius 3 is 2.81 bits per heavy atom. The summed E-state index contributed by atoms with van der Waals surface area (Å²) in [6, 6.07) is 2.50. The highest BCUT2D eigenvalue weighted by molar-refractivity contribution is 5.97. The first kappa shape index (κ1) is 15.2. The van der Waals surface area contributed by atoms with Gasteiger partial charge in [0.05, 0.1) is 13.2 Å². The van der Waals surface area contributed by atoms with Crippen molar-refractivity contribution in [3.8, 4) is 0 Å². The number of carbonyl (C=O) groups excluding carboxylic acids is 2. The monoisotopic (exact) mass is 293 g/mol. The van der Waals surface area contributed by atoms with E-state index in [4.69, 9.17) is 4.74 Å². The maximum Gasteiger partial charge on any atom is 0.328 e. The second kappa shape index (κ2) is 6.09. The van der Waals surface area contributed by atoms with Crippen LogP contribution in [0.5, 0.6) is 0 Å². The molecule has 1 aliphatic rings. The Hall–Kier alpha value is -2.15. The number of β-amino-alcohol motifs (C(OH)–C–C–N with tert-alkyl or cyclic N) is 1. The van der Waals surface area contributed by atoms with Crippen molar-refractivity contribution in [3.63, 3.8) is 0 Å². The first-order chi connectivity index (χ1) is 9.93. The molecule has 1 aromatic rings. The molecule has 0 aliphatic carbocycles. The van der Waals surface area contributed by atoms with Gasteiger partial charge in [0.15, 0.2) is 0 Å². The predicted octanol–water partition coefficient (Wildman–Crippen LogP) is -0.104. The number of carbonyl (C=O) groups is 2. The number of aliphatic hydroxyl groups is 1. The molecule has 1 N–H and O–H groups in total. The van der Waals surface area contributed by atoms with Crippen LogP contribution in [-0.2, 0) is 9.53 Å². The number of anilines is 1. The fourth-order valence-electron chi connectivity index (χ4n) is 2.36. The molecule has 21 heavy (non-hydrogen) atoms. The van der Waals surface area contributed by atoms with Crippen LogP contribution in [0.3, 0.4) is 0 Å². The number of methoxy groups -OCH3 is 1. The van der Waals surface area contributed by atoms with Crippen LogP contribution in [0.25, 0.3) is 0 Å². The number of hydrogen-bond acceptors (Lipinski definition) is 6. The van der Waals surface area contributed by atoms with Gasteiger partial charge in [0.25, 0.3) is 5.91 Å². The number of hydrogen-bond donors (Lipinski definition) is 1. The normalized spacial score (nSPS) is 21.2. The van der Waals surface area contributed by atoms with Crippen molar-refractivity contribution in [2.45, 2.75) is 18.6 Å². The minimum Gasteiger partial charge on any atom is -0.467 e. The Kier molecular flexibility index (Phi) is 4.42. The summed E-state index contributed by atoms with van der Waals surface area (Å²) in [4.78, 5) is 31.6. The van der Waals surface area contributed by atoms with Crippen LogP contribution in [0.2, 0.25) is 0 Å². The maximum absolute atomic E-state index is 12.6. The molecular weight excluding hydrogens is 274 g/mol. The summed E-state index contributed by atoms with van der Waals surface area (Å²) in [7, 11) is 4.92. The van der Waals surface area contributed by atoms with E-state index in [1.807, 2.05) is 14.1 Å². The van der Waals surface area contributed by atoms with Crippen LogP contribution in [0.1, 0.15) is 16.8 Å². The molecule has 1 saturated heterocycles. The Bertz CT molecular complexity index is 547. The Balaban J connectivity index is 2.26. The third kappa shape index (κ3) is 3.13. The van der Waals surface area contributed by atoms with Gasteiger partial charge in [-0.1, -0.05) is 0 Å². The van der Waals surface area contributed by atoms with Gasteiger partial charge in [0, 0.05) is 38.8 Å². The third-order valence-corrected chi connectivity index (χ3v) is 3.46. The molecule has 114 valence electrons. The van der Waals surface area contributed by atoms with E-state index in [9.17, 15) is 14.7 Å². The molecule has 1 aliphatic heterocycles. The molecule has 2 heterocycles. The van der Waals surface area contributed by atoms with E-state index in [1.54, 1.807) is 23.2 Å². The Morgan fingerprint density at radius 2 is 2.19 bits per heavy atom. The number of aromatic nitrogens is 1. The number of rotatable bonds is 3. The molecule has 2 rings (SSSR count). The lowest BCUT2D eigenvalue weighted by Gasteiger charge is -2.22. The number of likely N-dealkylation sites (tertiary alicyclic amines) is 1. The fourth-order valence-corrected chi connectivity index (χ4v) is 2.36. The third-order valence-electron chi connectivity index (χ3n) is 3.46. The van der Waals surface area contributed by atoms with Crippen LogP contribution in [0, 0.1) is 0 Å². The highest BCUT2D eigenvalue weighted by atomic mass is 16.5. The largest absolute Gasteiger partial charge is 0.467 e. The fraction of sp³-hybridized carbons (Fsp3) is 0.500. The molecule has 0 bridgehead atoms. The minimum absolute atomic E-state index is 0.123. The van der Waals surface area contributed by atoms with Gasteiger partial charge in [-0.3, -0.25) is 4.79 Å². The first-order valence-corrected chi connectivity index (χ1v) is 6.64. The van der Waals surface area contributed by atoms with E-state index >= 15 is 0 Å². The predicted molar refractivity (Wildman–Crippen MR) is 76.0 cm³/mol. The molecule has 1 amide bonds. The molecular formula is C14H19N3O4. The van der Waals surface area contributed by atoms with E-state index in [-0.39, 0.29) is 18.9 Å². The quantitative estimate of drug-likeness (QED) is 0.783. The molecule has 7 heteroatoms. The molecule has 2 atom stereocenters. The van der Waals surface area contributed by atoms with E-state index in [0.717, 1.165) is 0 Å². The number of aliphatic hydroxyl groups excluding tert-OH is 1. The average molecular weight is 293 g/mol. The van der Waals surface area contributed by atoms with Gasteiger partial charge in [-0.05, 0) is 12.1 Å². The van der Waals surface area contributed by atoms with E-state index in [2.05, 4.69) is 4.98 Å². The Labute approximate surface area is 123 Å². The maximum atomic E-state index is 12.6. The van der Waals surface area contributed by atoms with Gasteiger partial charge >= 0.3 is 5.97 Å². The summed E-state index contributed by atoms with van der Waals surface area (Å²) in [5, 5.41) is 9.73. The van der Waals surface area contributed by atoms with Crippen molar-refractivity contribution in [2.24, 2.45) is 0 Å². The smallest absolute Gasteiger partial charge is 0.328 e. The topological polar surface area (TPSA) is 83.0 Å². The van der Waals surface area contributed by atoms with Crippen LogP contribution < -0.4 is 4.90 Å². The van der Waals surface area contributed by atoms with Crippen LogP contribution in [0.4, 0.5) is 5.82 Å². The Morgan fingerprint density at radius 1 is 1.48 bits per heavy atom. The highest BCUT2D eigenvalue weighted by Gasteiger charge is 2.40. The van der Waals surface area contributed by atoms with Crippen molar-refractivity contribution < 1.29 is 19.4 Å². The number of esters is 1. The van der Waals surface area contributed by atoms with Crippen LogP contribution >= 0.6 is 0 Å². The summed E-state index contributed by atoms with van der Waals surface area (Å²) in [6.07, 6.45) is 1.03. The van der Waals surface area contributed by atoms with Gasteiger partial charge < -0.3 is 19.6 Å². The summed E-state index contributed by atoms with van der Waals surface area (Å²) in [6.45, 7) is 0.123.